The lowest BCUT2D eigenvalue weighted by molar-refractivity contribution is -0.116. The third kappa shape index (κ3) is 4.45. The van der Waals surface area contributed by atoms with Crippen LogP contribution in [0.25, 0.3) is 0 Å². The van der Waals surface area contributed by atoms with E-state index >= 15 is 0 Å². The van der Waals surface area contributed by atoms with E-state index in [1.165, 1.54) is 0 Å². The van der Waals surface area contributed by atoms with Crippen LogP contribution < -0.4 is 5.32 Å². The van der Waals surface area contributed by atoms with Crippen molar-refractivity contribution in [2.45, 2.75) is 13.3 Å². The highest BCUT2D eigenvalue weighted by molar-refractivity contribution is 5.89. The smallest absolute Gasteiger partial charge is 0.319 e. The number of carbonyl (C=O) groups is 2. The molecule has 1 aliphatic heterocycles. The van der Waals surface area contributed by atoms with E-state index in [0.717, 1.165) is 13.1 Å². The zero-order valence-electron chi connectivity index (χ0n) is 13.3. The van der Waals surface area contributed by atoms with Gasteiger partial charge in [-0.1, -0.05) is 5.16 Å². The molecule has 0 atom stereocenters. The average Bonchev–Trinajstić information content (AvgIpc) is 2.90. The van der Waals surface area contributed by atoms with Crippen LogP contribution in [0, 0.1) is 6.92 Å². The summed E-state index contributed by atoms with van der Waals surface area (Å²) >= 11 is 0. The molecule has 0 unspecified atom stereocenters. The van der Waals surface area contributed by atoms with Crippen molar-refractivity contribution in [3.63, 3.8) is 0 Å². The monoisotopic (exact) mass is 309 g/mol. The molecule has 0 radical (unpaired) electrons. The van der Waals surface area contributed by atoms with Gasteiger partial charge in [0.25, 0.3) is 0 Å². The molecule has 0 saturated carbocycles. The molecule has 1 fully saturated rings. The van der Waals surface area contributed by atoms with Crippen LogP contribution in [0.5, 0.6) is 0 Å². The average molecular weight is 309 g/mol. The maximum absolute atomic E-state index is 11.8. The van der Waals surface area contributed by atoms with E-state index in [1.807, 2.05) is 4.90 Å². The number of nitrogens with zero attached hydrogens (tertiary/aromatic N) is 4. The molecular weight excluding hydrogens is 286 g/mol. The van der Waals surface area contributed by atoms with Crippen LogP contribution in [-0.2, 0) is 4.79 Å². The SMILES string of the molecule is Cc1cc(NC(=O)CCN2CCN(C(=O)N(C)C)CC2)no1. The zero-order chi connectivity index (χ0) is 16.1. The predicted octanol–water partition coefficient (Wildman–Crippen LogP) is 0.611. The molecule has 122 valence electrons. The van der Waals surface area contributed by atoms with Crippen molar-refractivity contribution < 1.29 is 14.1 Å². The minimum atomic E-state index is -0.0832. The molecule has 0 aromatic carbocycles. The maximum Gasteiger partial charge on any atom is 0.319 e. The van der Waals surface area contributed by atoms with E-state index in [-0.39, 0.29) is 11.9 Å². The summed E-state index contributed by atoms with van der Waals surface area (Å²) < 4.78 is 4.90. The molecule has 22 heavy (non-hydrogen) atoms. The van der Waals surface area contributed by atoms with E-state index in [1.54, 1.807) is 32.0 Å². The Morgan fingerprint density at radius 1 is 1.32 bits per heavy atom. The van der Waals surface area contributed by atoms with Crippen molar-refractivity contribution in [3.8, 4) is 0 Å². The fourth-order valence-electron chi connectivity index (χ4n) is 2.34. The molecule has 1 saturated heterocycles. The molecule has 8 heteroatoms. The Morgan fingerprint density at radius 2 is 2.00 bits per heavy atom. The number of piperazine rings is 1. The first-order valence-corrected chi connectivity index (χ1v) is 7.37. The number of urea groups is 1. The molecule has 8 nitrogen and oxygen atoms in total. The number of amides is 3. The Labute approximate surface area is 130 Å². The van der Waals surface area contributed by atoms with E-state index in [4.69, 9.17) is 4.52 Å². The van der Waals surface area contributed by atoms with Gasteiger partial charge in [0.15, 0.2) is 5.82 Å². The molecule has 1 aromatic heterocycles. The minimum Gasteiger partial charge on any atom is -0.360 e. The third-order valence-electron chi connectivity index (χ3n) is 3.58. The molecule has 0 bridgehead atoms. The Hall–Kier alpha value is -2.09. The van der Waals surface area contributed by atoms with E-state index in [2.05, 4.69) is 15.4 Å². The summed E-state index contributed by atoms with van der Waals surface area (Å²) in [6.45, 7) is 5.41. The number of aromatic nitrogens is 1. The van der Waals surface area contributed by atoms with Crippen LogP contribution >= 0.6 is 0 Å². The zero-order valence-corrected chi connectivity index (χ0v) is 13.3. The summed E-state index contributed by atoms with van der Waals surface area (Å²) in [5.41, 5.74) is 0. The number of nitrogens with one attached hydrogen (secondary N) is 1. The van der Waals surface area contributed by atoms with Gasteiger partial charge in [0.2, 0.25) is 5.91 Å². The Morgan fingerprint density at radius 3 is 2.55 bits per heavy atom. The third-order valence-corrected chi connectivity index (χ3v) is 3.58. The van der Waals surface area contributed by atoms with Gasteiger partial charge in [-0.05, 0) is 6.92 Å². The van der Waals surface area contributed by atoms with Crippen molar-refractivity contribution in [1.29, 1.82) is 0 Å². The van der Waals surface area contributed by atoms with Gasteiger partial charge in [0.1, 0.15) is 5.76 Å². The largest absolute Gasteiger partial charge is 0.360 e. The fourth-order valence-corrected chi connectivity index (χ4v) is 2.34. The van der Waals surface area contributed by atoms with Crippen LogP contribution in [-0.4, -0.2) is 78.6 Å². The van der Waals surface area contributed by atoms with Crippen molar-refractivity contribution in [2.75, 3.05) is 52.1 Å². The van der Waals surface area contributed by atoms with Gasteiger partial charge in [-0.2, -0.15) is 0 Å². The number of hydrogen-bond acceptors (Lipinski definition) is 5. The molecule has 3 amide bonds. The van der Waals surface area contributed by atoms with Crippen molar-refractivity contribution in [3.05, 3.63) is 11.8 Å². The van der Waals surface area contributed by atoms with Crippen molar-refractivity contribution in [2.24, 2.45) is 0 Å². The first-order chi connectivity index (χ1) is 10.5. The van der Waals surface area contributed by atoms with Crippen LogP contribution in [0.2, 0.25) is 0 Å². The Balaban J connectivity index is 1.68. The van der Waals surface area contributed by atoms with Crippen molar-refractivity contribution >= 4 is 17.8 Å². The molecular formula is C14H23N5O3. The van der Waals surface area contributed by atoms with Crippen LogP contribution in [0.4, 0.5) is 10.6 Å². The number of rotatable bonds is 4. The summed E-state index contributed by atoms with van der Waals surface area (Å²) in [7, 11) is 3.51. The standard InChI is InChI=1S/C14H23N5O3/c1-11-10-12(16-22-11)15-13(20)4-5-18-6-8-19(9-7-18)14(21)17(2)3/h10H,4-9H2,1-3H3,(H,15,16,20). The van der Waals surface area contributed by atoms with E-state index in [0.29, 0.717) is 37.6 Å². The van der Waals surface area contributed by atoms with Gasteiger partial charge in [-0.3, -0.25) is 9.69 Å². The second kappa shape index (κ2) is 7.26. The highest BCUT2D eigenvalue weighted by Gasteiger charge is 2.22. The predicted molar refractivity (Wildman–Crippen MR) is 81.6 cm³/mol. The quantitative estimate of drug-likeness (QED) is 0.881. The molecule has 1 aliphatic rings. The fraction of sp³-hybridized carbons (Fsp3) is 0.643. The summed E-state index contributed by atoms with van der Waals surface area (Å²) in [4.78, 5) is 29.3. The normalized spacial score (nSPS) is 15.7. The topological polar surface area (TPSA) is 81.9 Å². The van der Waals surface area contributed by atoms with Gasteiger partial charge in [0, 0.05) is 59.3 Å². The summed E-state index contributed by atoms with van der Waals surface area (Å²) in [6, 6.07) is 1.72. The second-order valence-electron chi connectivity index (χ2n) is 5.63. The van der Waals surface area contributed by atoms with E-state index in [9.17, 15) is 9.59 Å². The lowest BCUT2D eigenvalue weighted by Crippen LogP contribution is -2.51. The summed E-state index contributed by atoms with van der Waals surface area (Å²) in [5, 5.41) is 6.43. The Bertz CT molecular complexity index is 520. The molecule has 0 spiro atoms. The van der Waals surface area contributed by atoms with Crippen molar-refractivity contribution in [1.82, 2.24) is 19.9 Å². The summed E-state index contributed by atoms with van der Waals surface area (Å²) in [5.74, 6) is 1.03. The molecule has 1 N–H and O–H groups in total. The van der Waals surface area contributed by atoms with Gasteiger partial charge >= 0.3 is 6.03 Å². The number of anilines is 1. The van der Waals surface area contributed by atoms with Crippen LogP contribution in [0.1, 0.15) is 12.2 Å². The highest BCUT2D eigenvalue weighted by atomic mass is 16.5. The number of hydrogen-bond donors (Lipinski definition) is 1. The van der Waals surface area contributed by atoms with Gasteiger partial charge in [-0.25, -0.2) is 4.79 Å². The van der Waals surface area contributed by atoms with Gasteiger partial charge in [-0.15, -0.1) is 0 Å². The second-order valence-corrected chi connectivity index (χ2v) is 5.63. The number of carbonyl (C=O) groups excluding carboxylic acids is 2. The lowest BCUT2D eigenvalue weighted by Gasteiger charge is -2.35. The molecule has 2 rings (SSSR count). The molecule has 1 aromatic rings. The Kier molecular flexibility index (Phi) is 5.37. The van der Waals surface area contributed by atoms with E-state index < -0.39 is 0 Å². The number of aryl methyl sites for hydroxylation is 1. The first kappa shape index (κ1) is 16.3. The van der Waals surface area contributed by atoms with Gasteiger partial charge < -0.3 is 19.6 Å². The molecule has 2 heterocycles. The van der Waals surface area contributed by atoms with Gasteiger partial charge in [0.05, 0.1) is 0 Å². The first-order valence-electron chi connectivity index (χ1n) is 7.37. The lowest BCUT2D eigenvalue weighted by atomic mass is 10.3. The summed E-state index contributed by atoms with van der Waals surface area (Å²) in [6.07, 6.45) is 0.396. The van der Waals surface area contributed by atoms with Crippen LogP contribution in [0.3, 0.4) is 0 Å². The minimum absolute atomic E-state index is 0.0406. The maximum atomic E-state index is 11.8. The highest BCUT2D eigenvalue weighted by Crippen LogP contribution is 2.08. The molecule has 0 aliphatic carbocycles. The van der Waals surface area contributed by atoms with Crippen LogP contribution in [0.15, 0.2) is 10.6 Å².